The molecule has 0 bridgehead atoms. The molecule has 7 nitrogen and oxygen atoms in total. The molecule has 218 valence electrons. The van der Waals surface area contributed by atoms with Crippen molar-refractivity contribution in [2.24, 2.45) is 0 Å². The zero-order valence-corrected chi connectivity index (χ0v) is 23.8. The van der Waals surface area contributed by atoms with Crippen LogP contribution in [0.15, 0.2) is 110 Å². The van der Waals surface area contributed by atoms with E-state index in [4.69, 9.17) is 0 Å². The summed E-state index contributed by atoms with van der Waals surface area (Å²) in [7, 11) is -10.7. The van der Waals surface area contributed by atoms with E-state index in [2.05, 4.69) is 41.0 Å². The van der Waals surface area contributed by atoms with Crippen molar-refractivity contribution in [3.8, 4) is 45.6 Å². The quantitative estimate of drug-likeness (QED) is 0.0836. The third kappa shape index (κ3) is 11.3. The summed E-state index contributed by atoms with van der Waals surface area (Å²) in [6, 6.07) is 26.6. The van der Waals surface area contributed by atoms with Crippen molar-refractivity contribution in [1.29, 1.82) is 0 Å². The van der Waals surface area contributed by atoms with E-state index in [9.17, 15) is 25.2 Å². The fourth-order valence-corrected chi connectivity index (χ4v) is 3.32. The van der Waals surface area contributed by atoms with Crippen LogP contribution >= 0.6 is 7.81 Å². The molecule has 5 heterocycles. The van der Waals surface area contributed by atoms with Crippen molar-refractivity contribution >= 4 is 7.81 Å². The molecule has 0 aliphatic carbocycles. The van der Waals surface area contributed by atoms with Crippen molar-refractivity contribution < 1.29 is 44.7 Å². The van der Waals surface area contributed by atoms with E-state index in [0.717, 1.165) is 45.6 Å². The summed E-state index contributed by atoms with van der Waals surface area (Å²) in [5.74, 6) is 1.63. The van der Waals surface area contributed by atoms with Gasteiger partial charge in [-0.1, -0.05) is 29.3 Å². The standard InChI is InChI=1S/C15H11N3.C12H9N4.F6P.Ru/c1-3-10-16-12(6-1)14-8-5-9-15(18-14)13-7-2-4-11-17-13;1-2-9(11-13-4-5-14-11)8-10(3-1)12-15-6-7-16-12;1-7(2,3,4,5)6;/h1-11H;1-7H,(H,13,14)(H,15,16);;/q;2*-1;+2. The maximum absolute atomic E-state index is 10.7. The summed E-state index contributed by atoms with van der Waals surface area (Å²) in [5.41, 5.74) is 5.32. The van der Waals surface area contributed by atoms with E-state index in [1.54, 1.807) is 37.2 Å². The molecule has 5 aromatic heterocycles. The Morgan fingerprint density at radius 2 is 0.905 bits per heavy atom. The monoisotopic (exact) mass is 689 g/mol. The van der Waals surface area contributed by atoms with Gasteiger partial charge in [-0.2, -0.15) is 0 Å². The van der Waals surface area contributed by atoms with Crippen LogP contribution in [0.5, 0.6) is 0 Å². The number of H-pyrrole nitrogens is 2. The van der Waals surface area contributed by atoms with E-state index in [1.165, 1.54) is 0 Å². The molecule has 0 saturated carbocycles. The van der Waals surface area contributed by atoms with E-state index < -0.39 is 7.81 Å². The van der Waals surface area contributed by atoms with Crippen LogP contribution in [0.4, 0.5) is 25.2 Å². The molecule has 0 spiro atoms. The Morgan fingerprint density at radius 3 is 1.26 bits per heavy atom. The van der Waals surface area contributed by atoms with Gasteiger partial charge in [-0.15, -0.1) is 24.3 Å². The predicted octanol–water partition coefficient (Wildman–Crippen LogP) is 8.85. The van der Waals surface area contributed by atoms with Gasteiger partial charge in [-0.25, -0.2) is 4.98 Å². The van der Waals surface area contributed by atoms with Gasteiger partial charge in [-0.05, 0) is 36.4 Å². The molecule has 0 unspecified atom stereocenters. The number of hydrogen-bond acceptors (Lipinski definition) is 5. The van der Waals surface area contributed by atoms with E-state index >= 15 is 0 Å². The fourth-order valence-electron chi connectivity index (χ4n) is 3.32. The number of benzene rings is 1. The Bertz CT molecular complexity index is 1560. The Balaban J connectivity index is 0.000000187. The maximum atomic E-state index is 9.87. The Hall–Kier alpha value is -4.28. The molecule has 1 aromatic carbocycles. The van der Waals surface area contributed by atoms with Crippen LogP contribution in [0.25, 0.3) is 45.6 Å². The number of imidazole rings is 2. The maximum Gasteiger partial charge on any atom is 2.00 e. The molecule has 0 fully saturated rings. The third-order valence-electron chi connectivity index (χ3n) is 4.91. The van der Waals surface area contributed by atoms with Gasteiger partial charge in [0.1, 0.15) is 0 Å². The summed E-state index contributed by atoms with van der Waals surface area (Å²) in [6.07, 6.45) is 10.6. The molecule has 0 aliphatic heterocycles. The van der Waals surface area contributed by atoms with Crippen LogP contribution in [0.3, 0.4) is 0 Å². The molecule has 0 aliphatic rings. The van der Waals surface area contributed by atoms with Crippen molar-refractivity contribution in [3.05, 3.63) is 116 Å². The minimum absolute atomic E-state index is 0. The van der Waals surface area contributed by atoms with Crippen molar-refractivity contribution in [2.45, 2.75) is 0 Å². The molecular weight excluding hydrogens is 668 g/mol. The SMILES string of the molecule is F[P-](F)(F)(F)(F)F.[Ru+2].[c-]1c(-c2ncc[nH]2)cccc1-c1ncc[nH]1.c1ccc(-c2cccc(-c3ccccn3)n2)nc1. The second-order valence-electron chi connectivity index (χ2n) is 8.15. The van der Waals surface area contributed by atoms with Crippen molar-refractivity contribution in [1.82, 2.24) is 34.9 Å². The van der Waals surface area contributed by atoms with Crippen molar-refractivity contribution in [2.75, 3.05) is 0 Å². The number of hydrogen-bond donors (Lipinski definition) is 2. The topological polar surface area (TPSA) is 96.0 Å². The molecular formula is C27H20F6N7PRu. The van der Waals surface area contributed by atoms with E-state index in [0.29, 0.717) is 0 Å². The number of pyridine rings is 3. The summed E-state index contributed by atoms with van der Waals surface area (Å²) < 4.78 is 59.2. The minimum Gasteiger partial charge on any atom is -0.377 e. The van der Waals surface area contributed by atoms with Gasteiger partial charge in [0, 0.05) is 37.2 Å². The van der Waals surface area contributed by atoms with Crippen LogP contribution in [-0.2, 0) is 19.5 Å². The Labute approximate surface area is 248 Å². The zero-order chi connectivity index (χ0) is 29.4. The van der Waals surface area contributed by atoms with Crippen LogP contribution in [0, 0.1) is 6.07 Å². The second-order valence-corrected chi connectivity index (χ2v) is 10.1. The number of nitrogens with zero attached hydrogens (tertiary/aromatic N) is 5. The second kappa shape index (κ2) is 12.7. The van der Waals surface area contributed by atoms with E-state index in [-0.39, 0.29) is 19.5 Å². The van der Waals surface area contributed by atoms with Gasteiger partial charge in [-0.3, -0.25) is 19.9 Å². The molecule has 42 heavy (non-hydrogen) atoms. The molecule has 0 amide bonds. The Morgan fingerprint density at radius 1 is 0.500 bits per heavy atom. The van der Waals surface area contributed by atoms with E-state index in [1.807, 2.05) is 72.8 Å². The first-order valence-corrected chi connectivity index (χ1v) is 13.7. The number of rotatable bonds is 4. The Kier molecular flexibility index (Phi) is 9.76. The molecule has 0 atom stereocenters. The number of aromatic amines is 2. The first-order chi connectivity index (χ1) is 19.3. The largest absolute Gasteiger partial charge is 2.00 e. The number of nitrogens with one attached hydrogen (secondary N) is 2. The summed E-state index contributed by atoms with van der Waals surface area (Å²) in [4.78, 5) is 27.7. The van der Waals surface area contributed by atoms with Gasteiger partial charge in [0.2, 0.25) is 0 Å². The summed E-state index contributed by atoms with van der Waals surface area (Å²) in [6.45, 7) is 0. The van der Waals surface area contributed by atoms with Crippen molar-refractivity contribution in [3.63, 3.8) is 0 Å². The van der Waals surface area contributed by atoms with Crippen LogP contribution in [-0.4, -0.2) is 34.9 Å². The molecule has 6 rings (SSSR count). The van der Waals surface area contributed by atoms with Gasteiger partial charge in [0.15, 0.2) is 0 Å². The normalized spacial score (nSPS) is 12.2. The predicted molar refractivity (Wildman–Crippen MR) is 145 cm³/mol. The van der Waals surface area contributed by atoms with Gasteiger partial charge in [0.25, 0.3) is 0 Å². The first kappa shape index (κ1) is 32.2. The average molecular weight is 689 g/mol. The molecule has 15 heteroatoms. The summed E-state index contributed by atoms with van der Waals surface area (Å²) >= 11 is 0. The average Bonchev–Trinajstić information content (AvgIpc) is 3.68. The third-order valence-corrected chi connectivity index (χ3v) is 4.91. The number of aromatic nitrogens is 7. The molecule has 0 saturated heterocycles. The zero-order valence-electron chi connectivity index (χ0n) is 21.2. The van der Waals surface area contributed by atoms with Crippen LogP contribution in [0.1, 0.15) is 0 Å². The van der Waals surface area contributed by atoms with Gasteiger partial charge < -0.3 is 9.97 Å². The number of halogens is 6. The minimum atomic E-state index is -10.7. The summed E-state index contributed by atoms with van der Waals surface area (Å²) in [5, 5.41) is 0. The fraction of sp³-hybridized carbons (Fsp3) is 0. The van der Waals surface area contributed by atoms with Gasteiger partial charge in [0.05, 0.1) is 34.4 Å². The molecule has 2 N–H and O–H groups in total. The van der Waals surface area contributed by atoms with Crippen LogP contribution < -0.4 is 0 Å². The molecule has 6 aromatic rings. The van der Waals surface area contributed by atoms with Crippen LogP contribution in [0.2, 0.25) is 0 Å². The van der Waals surface area contributed by atoms with Gasteiger partial charge >= 0.3 is 52.5 Å². The molecule has 0 radical (unpaired) electrons. The smallest absolute Gasteiger partial charge is 0.377 e. The first-order valence-electron chi connectivity index (χ1n) is 11.7.